The summed E-state index contributed by atoms with van der Waals surface area (Å²) < 4.78 is 0. The van der Waals surface area contributed by atoms with Crippen molar-refractivity contribution < 1.29 is 0 Å². The van der Waals surface area contributed by atoms with Crippen molar-refractivity contribution in [3.8, 4) is 0 Å². The Kier molecular flexibility index (Phi) is 3.84. The molecule has 13 heavy (non-hydrogen) atoms. The van der Waals surface area contributed by atoms with E-state index in [1.165, 1.54) is 5.57 Å². The normalized spacial score (nSPS) is 11.4. The number of hydrogen-bond donors (Lipinski definition) is 0. The number of hydrogen-bond acceptors (Lipinski definition) is 1. The summed E-state index contributed by atoms with van der Waals surface area (Å²) in [7, 11) is 0. The SMILES string of the molecule is CC/C(C)=C/C(=S)c1ccccc1. The van der Waals surface area contributed by atoms with Crippen molar-refractivity contribution in [2.24, 2.45) is 0 Å². The maximum Gasteiger partial charge on any atom is 0.0448 e. The molecular weight excluding hydrogens is 176 g/mol. The Labute approximate surface area is 85.3 Å². The lowest BCUT2D eigenvalue weighted by atomic mass is 10.1. The molecule has 1 heteroatoms. The fourth-order valence-corrected chi connectivity index (χ4v) is 1.35. The molecule has 0 radical (unpaired) electrons. The second kappa shape index (κ2) is 4.93. The Morgan fingerprint density at radius 1 is 1.31 bits per heavy atom. The molecule has 0 aliphatic rings. The summed E-state index contributed by atoms with van der Waals surface area (Å²) in [5.74, 6) is 0. The molecule has 1 aromatic carbocycles. The van der Waals surface area contributed by atoms with Gasteiger partial charge >= 0.3 is 0 Å². The predicted molar refractivity (Wildman–Crippen MR) is 62.2 cm³/mol. The van der Waals surface area contributed by atoms with Gasteiger partial charge in [0.15, 0.2) is 0 Å². The van der Waals surface area contributed by atoms with Crippen LogP contribution in [0.25, 0.3) is 0 Å². The van der Waals surface area contributed by atoms with Gasteiger partial charge in [0.2, 0.25) is 0 Å². The Balaban J connectivity index is 2.81. The summed E-state index contributed by atoms with van der Waals surface area (Å²) in [5, 5.41) is 0. The molecule has 0 atom stereocenters. The highest BCUT2D eigenvalue weighted by Gasteiger charge is 1.95. The Morgan fingerprint density at radius 3 is 2.46 bits per heavy atom. The maximum atomic E-state index is 5.29. The quantitative estimate of drug-likeness (QED) is 0.397. The molecule has 0 aromatic heterocycles. The Morgan fingerprint density at radius 2 is 1.92 bits per heavy atom. The molecule has 0 N–H and O–H groups in total. The molecule has 0 fully saturated rings. The zero-order valence-electron chi connectivity index (χ0n) is 8.08. The van der Waals surface area contributed by atoms with E-state index in [1.807, 2.05) is 30.3 Å². The lowest BCUT2D eigenvalue weighted by Gasteiger charge is -1.99. The van der Waals surface area contributed by atoms with Gasteiger partial charge in [-0.2, -0.15) is 0 Å². The molecule has 0 aliphatic heterocycles. The van der Waals surface area contributed by atoms with Crippen molar-refractivity contribution in [2.45, 2.75) is 20.3 Å². The molecule has 0 aliphatic carbocycles. The van der Waals surface area contributed by atoms with Crippen LogP contribution in [-0.4, -0.2) is 4.86 Å². The minimum Gasteiger partial charge on any atom is -0.0795 e. The van der Waals surface area contributed by atoms with E-state index in [9.17, 15) is 0 Å². The summed E-state index contributed by atoms with van der Waals surface area (Å²) in [6.45, 7) is 4.24. The van der Waals surface area contributed by atoms with Gasteiger partial charge in [-0.15, -0.1) is 0 Å². The second-order valence-electron chi connectivity index (χ2n) is 3.07. The zero-order chi connectivity index (χ0) is 9.68. The standard InChI is InChI=1S/C12H14S/c1-3-10(2)9-12(13)11-7-5-4-6-8-11/h4-9H,3H2,1-2H3/b10-9+. The Bertz CT molecular complexity index is 309. The van der Waals surface area contributed by atoms with E-state index < -0.39 is 0 Å². The van der Waals surface area contributed by atoms with Crippen LogP contribution >= 0.6 is 12.2 Å². The number of rotatable bonds is 3. The van der Waals surface area contributed by atoms with E-state index in [4.69, 9.17) is 12.2 Å². The summed E-state index contributed by atoms with van der Waals surface area (Å²) in [5.41, 5.74) is 2.46. The maximum absolute atomic E-state index is 5.29. The smallest absolute Gasteiger partial charge is 0.0448 e. The van der Waals surface area contributed by atoms with Crippen LogP contribution in [0.2, 0.25) is 0 Å². The van der Waals surface area contributed by atoms with Gasteiger partial charge in [0.25, 0.3) is 0 Å². The van der Waals surface area contributed by atoms with Crippen molar-refractivity contribution in [3.05, 3.63) is 47.5 Å². The third-order valence-electron chi connectivity index (χ3n) is 1.99. The molecule has 0 bridgehead atoms. The van der Waals surface area contributed by atoms with Crippen LogP contribution in [0, 0.1) is 0 Å². The average molecular weight is 190 g/mol. The third-order valence-corrected chi connectivity index (χ3v) is 2.35. The van der Waals surface area contributed by atoms with E-state index in [0.717, 1.165) is 16.8 Å². The minimum absolute atomic E-state index is 0.931. The minimum atomic E-state index is 0.931. The zero-order valence-corrected chi connectivity index (χ0v) is 8.90. The van der Waals surface area contributed by atoms with Crippen LogP contribution in [0.15, 0.2) is 42.0 Å². The van der Waals surface area contributed by atoms with Gasteiger partial charge in [-0.25, -0.2) is 0 Å². The van der Waals surface area contributed by atoms with Crippen molar-refractivity contribution in [1.29, 1.82) is 0 Å². The van der Waals surface area contributed by atoms with Crippen molar-refractivity contribution in [2.75, 3.05) is 0 Å². The second-order valence-corrected chi connectivity index (χ2v) is 3.51. The monoisotopic (exact) mass is 190 g/mol. The first-order valence-electron chi connectivity index (χ1n) is 4.50. The van der Waals surface area contributed by atoms with Crippen LogP contribution in [0.5, 0.6) is 0 Å². The van der Waals surface area contributed by atoms with E-state index in [2.05, 4.69) is 19.9 Å². The molecule has 0 saturated carbocycles. The van der Waals surface area contributed by atoms with Gasteiger partial charge in [-0.3, -0.25) is 0 Å². The Hall–Kier alpha value is -0.950. The molecule has 1 aromatic rings. The van der Waals surface area contributed by atoms with E-state index in [-0.39, 0.29) is 0 Å². The number of allylic oxidation sites excluding steroid dienone is 2. The van der Waals surface area contributed by atoms with Crippen molar-refractivity contribution >= 4 is 17.1 Å². The topological polar surface area (TPSA) is 0 Å². The van der Waals surface area contributed by atoms with Crippen LogP contribution in [0.1, 0.15) is 25.8 Å². The number of thiocarbonyl (C=S) groups is 1. The first kappa shape index (κ1) is 10.1. The summed E-state index contributed by atoms with van der Waals surface area (Å²) >= 11 is 5.29. The highest BCUT2D eigenvalue weighted by Crippen LogP contribution is 2.06. The average Bonchev–Trinajstić information content (AvgIpc) is 2.19. The molecule has 1 rings (SSSR count). The van der Waals surface area contributed by atoms with Crippen molar-refractivity contribution in [1.82, 2.24) is 0 Å². The molecule has 68 valence electrons. The van der Waals surface area contributed by atoms with Crippen LogP contribution in [-0.2, 0) is 0 Å². The molecule has 0 spiro atoms. The van der Waals surface area contributed by atoms with Gasteiger partial charge in [-0.05, 0) is 25.0 Å². The molecule has 0 unspecified atom stereocenters. The van der Waals surface area contributed by atoms with E-state index in [0.29, 0.717) is 0 Å². The van der Waals surface area contributed by atoms with Gasteiger partial charge in [0.1, 0.15) is 0 Å². The van der Waals surface area contributed by atoms with Gasteiger partial charge in [0, 0.05) is 4.86 Å². The first-order chi connectivity index (χ1) is 6.24. The fourth-order valence-electron chi connectivity index (χ4n) is 1.01. The lowest BCUT2D eigenvalue weighted by molar-refractivity contribution is 1.10. The van der Waals surface area contributed by atoms with Crippen molar-refractivity contribution in [3.63, 3.8) is 0 Å². The lowest BCUT2D eigenvalue weighted by Crippen LogP contribution is -1.92. The highest BCUT2D eigenvalue weighted by atomic mass is 32.1. The number of benzene rings is 1. The molecule has 0 heterocycles. The predicted octanol–water partition coefficient (Wildman–Crippen LogP) is 3.76. The van der Waals surface area contributed by atoms with Gasteiger partial charge < -0.3 is 0 Å². The summed E-state index contributed by atoms with van der Waals surface area (Å²) in [4.78, 5) is 0.931. The van der Waals surface area contributed by atoms with Crippen LogP contribution in [0.4, 0.5) is 0 Å². The highest BCUT2D eigenvalue weighted by molar-refractivity contribution is 7.81. The molecular formula is C12H14S. The van der Waals surface area contributed by atoms with Crippen LogP contribution in [0.3, 0.4) is 0 Å². The summed E-state index contributed by atoms with van der Waals surface area (Å²) in [6.07, 6.45) is 3.14. The van der Waals surface area contributed by atoms with Gasteiger partial charge in [0.05, 0.1) is 0 Å². The summed E-state index contributed by atoms with van der Waals surface area (Å²) in [6, 6.07) is 10.1. The first-order valence-corrected chi connectivity index (χ1v) is 4.91. The fraction of sp³-hybridized carbons (Fsp3) is 0.250. The van der Waals surface area contributed by atoms with Gasteiger partial charge in [-0.1, -0.05) is 55.0 Å². The van der Waals surface area contributed by atoms with Crippen LogP contribution < -0.4 is 0 Å². The largest absolute Gasteiger partial charge is 0.0795 e. The molecule has 0 saturated heterocycles. The molecule has 0 amide bonds. The van der Waals surface area contributed by atoms with E-state index in [1.54, 1.807) is 0 Å². The molecule has 0 nitrogen and oxygen atoms in total. The third kappa shape index (κ3) is 3.11. The van der Waals surface area contributed by atoms with E-state index >= 15 is 0 Å².